The van der Waals surface area contributed by atoms with Gasteiger partial charge < -0.3 is 14.2 Å². The Bertz CT molecular complexity index is 615. The molecular formula is C15H23N5O. The molecule has 114 valence electrons. The summed E-state index contributed by atoms with van der Waals surface area (Å²) in [5.41, 5.74) is 1.07. The second-order valence-electron chi connectivity index (χ2n) is 5.93. The van der Waals surface area contributed by atoms with Crippen LogP contribution in [-0.4, -0.2) is 44.6 Å². The number of anilines is 1. The fourth-order valence-electron chi connectivity index (χ4n) is 2.92. The van der Waals surface area contributed by atoms with Crippen molar-refractivity contribution < 1.29 is 4.74 Å². The summed E-state index contributed by atoms with van der Waals surface area (Å²) >= 11 is 0. The van der Waals surface area contributed by atoms with E-state index in [1.807, 2.05) is 26.4 Å². The molecule has 1 fully saturated rings. The molecule has 0 bridgehead atoms. The first-order valence-corrected chi connectivity index (χ1v) is 7.47. The minimum atomic E-state index is 0.272. The first-order chi connectivity index (χ1) is 10.1. The Kier molecular flexibility index (Phi) is 3.71. The molecule has 6 heteroatoms. The van der Waals surface area contributed by atoms with Crippen LogP contribution in [0.5, 0.6) is 0 Å². The van der Waals surface area contributed by atoms with Crippen molar-refractivity contribution in [2.75, 3.05) is 18.0 Å². The van der Waals surface area contributed by atoms with E-state index in [1.54, 1.807) is 0 Å². The van der Waals surface area contributed by atoms with Crippen molar-refractivity contribution >= 4 is 5.95 Å². The fraction of sp³-hybridized carbons (Fsp3) is 0.600. The Labute approximate surface area is 125 Å². The van der Waals surface area contributed by atoms with Crippen LogP contribution < -0.4 is 4.90 Å². The highest BCUT2D eigenvalue weighted by Crippen LogP contribution is 2.25. The zero-order valence-electron chi connectivity index (χ0n) is 13.2. The normalized spacial score (nSPS) is 18.9. The lowest BCUT2D eigenvalue weighted by atomic mass is 10.3. The van der Waals surface area contributed by atoms with Crippen molar-refractivity contribution in [2.24, 2.45) is 14.1 Å². The first-order valence-electron chi connectivity index (χ1n) is 7.47. The quantitative estimate of drug-likeness (QED) is 0.861. The molecule has 0 saturated carbocycles. The first kappa shape index (κ1) is 14.1. The highest BCUT2D eigenvalue weighted by molar-refractivity contribution is 5.54. The third kappa shape index (κ3) is 2.68. The van der Waals surface area contributed by atoms with Gasteiger partial charge in [0.1, 0.15) is 0 Å². The largest absolute Gasteiger partial charge is 0.374 e. The average Bonchev–Trinajstić information content (AvgIpc) is 3.10. The van der Waals surface area contributed by atoms with Gasteiger partial charge in [-0.25, -0.2) is 0 Å². The van der Waals surface area contributed by atoms with Crippen molar-refractivity contribution in [3.8, 4) is 11.5 Å². The summed E-state index contributed by atoms with van der Waals surface area (Å²) in [4.78, 5) is 2.26. The molecule has 0 radical (unpaired) electrons. The minimum absolute atomic E-state index is 0.272. The van der Waals surface area contributed by atoms with E-state index >= 15 is 0 Å². The number of aromatic nitrogens is 4. The van der Waals surface area contributed by atoms with Gasteiger partial charge >= 0.3 is 0 Å². The van der Waals surface area contributed by atoms with Gasteiger partial charge in [-0.2, -0.15) is 0 Å². The molecule has 0 amide bonds. The molecule has 3 rings (SSSR count). The van der Waals surface area contributed by atoms with Crippen LogP contribution in [0.2, 0.25) is 0 Å². The van der Waals surface area contributed by atoms with E-state index in [-0.39, 0.29) is 6.10 Å². The molecule has 21 heavy (non-hydrogen) atoms. The molecule has 0 spiro atoms. The number of hydrogen-bond donors (Lipinski definition) is 0. The predicted octanol–water partition coefficient (Wildman–Crippen LogP) is 1.82. The monoisotopic (exact) mass is 289 g/mol. The van der Waals surface area contributed by atoms with Gasteiger partial charge in [-0.1, -0.05) is 0 Å². The molecule has 2 aromatic heterocycles. The van der Waals surface area contributed by atoms with Gasteiger partial charge in [0.2, 0.25) is 5.95 Å². The molecule has 3 heterocycles. The van der Waals surface area contributed by atoms with Crippen molar-refractivity contribution in [3.05, 3.63) is 18.3 Å². The minimum Gasteiger partial charge on any atom is -0.374 e. The second kappa shape index (κ2) is 5.52. The second-order valence-corrected chi connectivity index (χ2v) is 5.93. The molecule has 1 aliphatic heterocycles. The Balaban J connectivity index is 1.79. The third-order valence-corrected chi connectivity index (χ3v) is 3.92. The molecule has 0 aliphatic carbocycles. The molecule has 0 N–H and O–H groups in total. The van der Waals surface area contributed by atoms with Gasteiger partial charge in [0.25, 0.3) is 0 Å². The Morgan fingerprint density at radius 3 is 2.76 bits per heavy atom. The van der Waals surface area contributed by atoms with Gasteiger partial charge in [-0.15, -0.1) is 10.2 Å². The maximum absolute atomic E-state index is 5.90. The lowest BCUT2D eigenvalue weighted by Gasteiger charge is -2.18. The number of aryl methyl sites for hydroxylation is 1. The lowest BCUT2D eigenvalue weighted by Crippen LogP contribution is -2.26. The Morgan fingerprint density at radius 2 is 2.10 bits per heavy atom. The summed E-state index contributed by atoms with van der Waals surface area (Å²) in [6.45, 7) is 6.02. The molecule has 0 unspecified atom stereocenters. The van der Waals surface area contributed by atoms with Gasteiger partial charge in [-0.05, 0) is 32.4 Å². The van der Waals surface area contributed by atoms with Crippen LogP contribution in [0.3, 0.4) is 0 Å². The van der Waals surface area contributed by atoms with Crippen LogP contribution in [0.15, 0.2) is 18.3 Å². The smallest absolute Gasteiger partial charge is 0.227 e. The summed E-state index contributed by atoms with van der Waals surface area (Å²) < 4.78 is 10.0. The molecule has 1 aliphatic rings. The van der Waals surface area contributed by atoms with Crippen LogP contribution in [0.25, 0.3) is 11.5 Å². The molecule has 1 saturated heterocycles. The van der Waals surface area contributed by atoms with E-state index in [0.29, 0.717) is 6.10 Å². The number of rotatable bonds is 4. The van der Waals surface area contributed by atoms with Crippen LogP contribution in [0, 0.1) is 0 Å². The zero-order chi connectivity index (χ0) is 15.0. The summed E-state index contributed by atoms with van der Waals surface area (Å²) in [6, 6.07) is 4.08. The van der Waals surface area contributed by atoms with Crippen LogP contribution >= 0.6 is 0 Å². The summed E-state index contributed by atoms with van der Waals surface area (Å²) in [5, 5.41) is 8.74. The maximum atomic E-state index is 5.90. The van der Waals surface area contributed by atoms with Crippen LogP contribution in [0.1, 0.15) is 20.3 Å². The average molecular weight is 289 g/mol. The summed E-state index contributed by atoms with van der Waals surface area (Å²) in [5.74, 6) is 1.81. The van der Waals surface area contributed by atoms with Gasteiger partial charge in [0.05, 0.1) is 17.9 Å². The molecular weight excluding hydrogens is 266 g/mol. The summed E-state index contributed by atoms with van der Waals surface area (Å²) in [7, 11) is 4.04. The highest BCUT2D eigenvalue weighted by atomic mass is 16.5. The zero-order valence-corrected chi connectivity index (χ0v) is 13.2. The number of ether oxygens (including phenoxy) is 1. The van der Waals surface area contributed by atoms with E-state index in [2.05, 4.69) is 44.1 Å². The van der Waals surface area contributed by atoms with Crippen LogP contribution in [0.4, 0.5) is 5.95 Å². The van der Waals surface area contributed by atoms with E-state index in [0.717, 1.165) is 37.0 Å². The predicted molar refractivity (Wildman–Crippen MR) is 82.2 cm³/mol. The molecule has 2 aromatic rings. The maximum Gasteiger partial charge on any atom is 0.227 e. The van der Waals surface area contributed by atoms with Crippen molar-refractivity contribution in [1.29, 1.82) is 0 Å². The number of hydrogen-bond acceptors (Lipinski definition) is 4. The molecule has 1 atom stereocenters. The highest BCUT2D eigenvalue weighted by Gasteiger charge is 2.27. The molecule has 6 nitrogen and oxygen atoms in total. The van der Waals surface area contributed by atoms with Crippen LogP contribution in [-0.2, 0) is 18.8 Å². The van der Waals surface area contributed by atoms with Crippen molar-refractivity contribution in [1.82, 2.24) is 19.3 Å². The van der Waals surface area contributed by atoms with Gasteiger partial charge in [-0.3, -0.25) is 4.57 Å². The van der Waals surface area contributed by atoms with E-state index < -0.39 is 0 Å². The van der Waals surface area contributed by atoms with Crippen molar-refractivity contribution in [2.45, 2.75) is 32.5 Å². The lowest BCUT2D eigenvalue weighted by molar-refractivity contribution is 0.0210. The van der Waals surface area contributed by atoms with Crippen molar-refractivity contribution in [3.63, 3.8) is 0 Å². The number of nitrogens with zero attached hydrogens (tertiary/aromatic N) is 5. The fourth-order valence-corrected chi connectivity index (χ4v) is 2.92. The van der Waals surface area contributed by atoms with E-state index in [1.165, 1.54) is 0 Å². The molecule has 0 aromatic carbocycles. The standard InChI is InChI=1S/C15H23N5O/c1-11(2)21-12-7-9-20(10-12)15-17-16-14(19(15)4)13-6-5-8-18(13)3/h5-6,8,11-12H,7,9-10H2,1-4H3/t12-/m1/s1. The Hall–Kier alpha value is -1.82. The van der Waals surface area contributed by atoms with E-state index in [9.17, 15) is 0 Å². The third-order valence-electron chi connectivity index (χ3n) is 3.92. The van der Waals surface area contributed by atoms with Gasteiger partial charge in [0, 0.05) is 33.4 Å². The topological polar surface area (TPSA) is 48.1 Å². The Morgan fingerprint density at radius 1 is 1.29 bits per heavy atom. The van der Waals surface area contributed by atoms with Gasteiger partial charge in [0.15, 0.2) is 5.82 Å². The summed E-state index contributed by atoms with van der Waals surface area (Å²) in [6.07, 6.45) is 3.63. The van der Waals surface area contributed by atoms with E-state index in [4.69, 9.17) is 4.74 Å². The SMILES string of the molecule is CC(C)O[C@@H]1CCN(c2nnc(-c3cccn3C)n2C)C1.